The minimum Gasteiger partial charge on any atom is -0.326 e. The highest BCUT2D eigenvalue weighted by molar-refractivity contribution is 5.36. The summed E-state index contributed by atoms with van der Waals surface area (Å²) in [5.41, 5.74) is 12.4. The fraction of sp³-hybridized carbons (Fsp3) is 0.400. The highest BCUT2D eigenvalue weighted by Crippen LogP contribution is 2.40. The zero-order valence-corrected chi connectivity index (χ0v) is 19.4. The van der Waals surface area contributed by atoms with Crippen LogP contribution in [0.3, 0.4) is 0 Å². The van der Waals surface area contributed by atoms with Crippen molar-refractivity contribution in [1.29, 1.82) is 0 Å². The molecule has 0 aromatic heterocycles. The maximum absolute atomic E-state index is 5.35. The van der Waals surface area contributed by atoms with Crippen LogP contribution in [0.15, 0.2) is 78.9 Å². The third-order valence-electron chi connectivity index (χ3n) is 6.69. The van der Waals surface area contributed by atoms with E-state index < -0.39 is 0 Å². The zero-order valence-electron chi connectivity index (χ0n) is 19.4. The second-order valence-electron chi connectivity index (χ2n) is 8.76. The van der Waals surface area contributed by atoms with Crippen molar-refractivity contribution in [3.8, 4) is 0 Å². The number of aryl methyl sites for hydroxylation is 2. The highest BCUT2D eigenvalue weighted by atomic mass is 14.5. The SMILES string of the molecule is CCc1ccc(C(c2ccc(CC)cc2)C2CCCCC2)cc1.NCc1ccccc1. The molecule has 2 N–H and O–H groups in total. The van der Waals surface area contributed by atoms with E-state index in [9.17, 15) is 0 Å². The molecule has 4 rings (SSSR count). The van der Waals surface area contributed by atoms with Crippen LogP contribution < -0.4 is 5.73 Å². The average molecular weight is 414 g/mol. The van der Waals surface area contributed by atoms with Gasteiger partial charge in [0, 0.05) is 12.5 Å². The average Bonchev–Trinajstić information content (AvgIpc) is 2.86. The maximum Gasteiger partial charge on any atom is 0.0178 e. The van der Waals surface area contributed by atoms with Gasteiger partial charge in [-0.1, -0.05) is 112 Å². The number of nitrogens with two attached hydrogens (primary N) is 1. The summed E-state index contributed by atoms with van der Waals surface area (Å²) in [6.45, 7) is 5.11. The lowest BCUT2D eigenvalue weighted by Crippen LogP contribution is -2.17. The molecule has 1 saturated carbocycles. The van der Waals surface area contributed by atoms with E-state index in [-0.39, 0.29) is 0 Å². The van der Waals surface area contributed by atoms with E-state index in [1.54, 1.807) is 0 Å². The van der Waals surface area contributed by atoms with E-state index in [2.05, 4.69) is 62.4 Å². The van der Waals surface area contributed by atoms with Crippen molar-refractivity contribution < 1.29 is 0 Å². The van der Waals surface area contributed by atoms with Gasteiger partial charge in [-0.05, 0) is 59.4 Å². The van der Waals surface area contributed by atoms with Crippen LogP contribution in [-0.4, -0.2) is 0 Å². The van der Waals surface area contributed by atoms with Crippen molar-refractivity contribution in [3.63, 3.8) is 0 Å². The van der Waals surface area contributed by atoms with Crippen molar-refractivity contribution >= 4 is 0 Å². The Kier molecular flexibility index (Phi) is 9.37. The van der Waals surface area contributed by atoms with Crippen LogP contribution >= 0.6 is 0 Å². The summed E-state index contributed by atoms with van der Waals surface area (Å²) in [5.74, 6) is 1.39. The summed E-state index contributed by atoms with van der Waals surface area (Å²) in [7, 11) is 0. The van der Waals surface area contributed by atoms with Crippen molar-refractivity contribution in [3.05, 3.63) is 107 Å². The van der Waals surface area contributed by atoms with Crippen LogP contribution in [0, 0.1) is 5.92 Å². The van der Waals surface area contributed by atoms with E-state index in [1.807, 2.05) is 30.3 Å². The summed E-state index contributed by atoms with van der Waals surface area (Å²) in [6.07, 6.45) is 9.25. The molecule has 1 aliphatic rings. The van der Waals surface area contributed by atoms with E-state index in [0.29, 0.717) is 12.5 Å². The van der Waals surface area contributed by atoms with Gasteiger partial charge in [0.25, 0.3) is 0 Å². The summed E-state index contributed by atoms with van der Waals surface area (Å²) in [4.78, 5) is 0. The molecule has 0 aliphatic heterocycles. The standard InChI is InChI=1S/C23H30.C7H9N/c1-3-18-10-14-21(15-11-18)23(20-8-6-5-7-9-20)22-16-12-19(4-2)13-17-22;8-6-7-4-2-1-3-5-7/h10-17,20,23H,3-9H2,1-2H3;1-5H,6,8H2. The molecule has 1 fully saturated rings. The van der Waals surface area contributed by atoms with Gasteiger partial charge in [-0.2, -0.15) is 0 Å². The van der Waals surface area contributed by atoms with E-state index in [0.717, 1.165) is 18.8 Å². The largest absolute Gasteiger partial charge is 0.326 e. The topological polar surface area (TPSA) is 26.0 Å². The van der Waals surface area contributed by atoms with Gasteiger partial charge >= 0.3 is 0 Å². The summed E-state index contributed by atoms with van der Waals surface area (Å²) in [6, 6.07) is 28.8. The minimum absolute atomic E-state index is 0.576. The lowest BCUT2D eigenvalue weighted by Gasteiger charge is -2.31. The van der Waals surface area contributed by atoms with Crippen molar-refractivity contribution in [2.24, 2.45) is 11.7 Å². The minimum atomic E-state index is 0.576. The Balaban J connectivity index is 0.000000287. The van der Waals surface area contributed by atoms with Crippen LogP contribution in [0.4, 0.5) is 0 Å². The van der Waals surface area contributed by atoms with E-state index in [1.165, 1.54) is 59.9 Å². The lowest BCUT2D eigenvalue weighted by atomic mass is 9.73. The summed E-state index contributed by atoms with van der Waals surface area (Å²) >= 11 is 0. The molecule has 164 valence electrons. The normalized spacial score (nSPS) is 14.2. The molecule has 0 amide bonds. The van der Waals surface area contributed by atoms with Crippen molar-refractivity contribution in [1.82, 2.24) is 0 Å². The monoisotopic (exact) mass is 413 g/mol. The molecule has 0 spiro atoms. The predicted molar refractivity (Wildman–Crippen MR) is 134 cm³/mol. The first-order valence-electron chi connectivity index (χ1n) is 12.2. The second kappa shape index (κ2) is 12.5. The molecule has 1 aliphatic carbocycles. The Morgan fingerprint density at radius 1 is 0.645 bits per heavy atom. The predicted octanol–water partition coefficient (Wildman–Crippen LogP) is 7.67. The van der Waals surface area contributed by atoms with Gasteiger partial charge in [-0.15, -0.1) is 0 Å². The Hall–Kier alpha value is -2.38. The fourth-order valence-electron chi connectivity index (χ4n) is 4.74. The Labute approximate surface area is 189 Å². The molecule has 1 nitrogen and oxygen atoms in total. The molecule has 0 saturated heterocycles. The molecule has 0 bridgehead atoms. The molecule has 3 aromatic carbocycles. The van der Waals surface area contributed by atoms with Crippen molar-refractivity contribution in [2.75, 3.05) is 0 Å². The second-order valence-corrected chi connectivity index (χ2v) is 8.76. The Bertz CT molecular complexity index is 811. The highest BCUT2D eigenvalue weighted by Gasteiger charge is 2.26. The molecule has 1 heteroatoms. The first-order chi connectivity index (χ1) is 15.2. The smallest absolute Gasteiger partial charge is 0.0178 e. The molecule has 0 unspecified atom stereocenters. The first kappa shape index (κ1) is 23.3. The van der Waals surface area contributed by atoms with Gasteiger partial charge in [-0.3, -0.25) is 0 Å². The van der Waals surface area contributed by atoms with Gasteiger partial charge in [0.15, 0.2) is 0 Å². The van der Waals surface area contributed by atoms with Crippen LogP contribution in [0.25, 0.3) is 0 Å². The van der Waals surface area contributed by atoms with Gasteiger partial charge in [0.2, 0.25) is 0 Å². The zero-order chi connectivity index (χ0) is 21.9. The van der Waals surface area contributed by atoms with E-state index in [4.69, 9.17) is 5.73 Å². The summed E-state index contributed by atoms with van der Waals surface area (Å²) < 4.78 is 0. The Morgan fingerprint density at radius 2 is 1.13 bits per heavy atom. The molecular weight excluding hydrogens is 374 g/mol. The molecule has 0 atom stereocenters. The molecule has 31 heavy (non-hydrogen) atoms. The van der Waals surface area contributed by atoms with Gasteiger partial charge in [0.05, 0.1) is 0 Å². The van der Waals surface area contributed by atoms with Gasteiger partial charge in [0.1, 0.15) is 0 Å². The number of hydrogen-bond acceptors (Lipinski definition) is 1. The number of benzene rings is 3. The third-order valence-corrected chi connectivity index (χ3v) is 6.69. The van der Waals surface area contributed by atoms with Crippen LogP contribution in [0.2, 0.25) is 0 Å². The number of rotatable bonds is 6. The number of hydrogen-bond donors (Lipinski definition) is 1. The van der Waals surface area contributed by atoms with E-state index >= 15 is 0 Å². The molecule has 0 heterocycles. The molecular formula is C30H39N. The lowest BCUT2D eigenvalue weighted by molar-refractivity contribution is 0.327. The summed E-state index contributed by atoms with van der Waals surface area (Å²) in [5, 5.41) is 0. The first-order valence-corrected chi connectivity index (χ1v) is 12.2. The third kappa shape index (κ3) is 6.80. The maximum atomic E-state index is 5.35. The molecule has 3 aromatic rings. The van der Waals surface area contributed by atoms with Gasteiger partial charge < -0.3 is 5.73 Å². The Morgan fingerprint density at radius 3 is 1.52 bits per heavy atom. The van der Waals surface area contributed by atoms with Crippen LogP contribution in [-0.2, 0) is 19.4 Å². The fourth-order valence-corrected chi connectivity index (χ4v) is 4.74. The van der Waals surface area contributed by atoms with Crippen molar-refractivity contribution in [2.45, 2.75) is 71.3 Å². The molecule has 0 radical (unpaired) electrons. The quantitative estimate of drug-likeness (QED) is 0.441. The van der Waals surface area contributed by atoms with Crippen LogP contribution in [0.1, 0.15) is 79.7 Å². The van der Waals surface area contributed by atoms with Crippen LogP contribution in [0.5, 0.6) is 0 Å². The van der Waals surface area contributed by atoms with Gasteiger partial charge in [-0.25, -0.2) is 0 Å².